The molecule has 2 aromatic carbocycles. The Balaban J connectivity index is 1.64. The Morgan fingerprint density at radius 3 is 2.74 bits per heavy atom. The summed E-state index contributed by atoms with van der Waals surface area (Å²) in [5.74, 6) is 0.939. The minimum absolute atomic E-state index is 0.176. The van der Waals surface area contributed by atoms with Crippen LogP contribution in [0.4, 0.5) is 0 Å². The van der Waals surface area contributed by atoms with Crippen molar-refractivity contribution < 1.29 is 19.4 Å². The van der Waals surface area contributed by atoms with Crippen LogP contribution < -0.4 is 14.8 Å². The first-order valence-electron chi connectivity index (χ1n) is 9.42. The molecule has 5 nitrogen and oxygen atoms in total. The first-order chi connectivity index (χ1) is 13.1. The maximum absolute atomic E-state index is 12.5. The normalized spacial score (nSPS) is 18.9. The van der Waals surface area contributed by atoms with Gasteiger partial charge in [0.05, 0.1) is 25.9 Å². The number of aliphatic hydroxyl groups excluding tert-OH is 1. The molecule has 0 saturated heterocycles. The lowest BCUT2D eigenvalue weighted by Gasteiger charge is -2.17. The molecule has 2 atom stereocenters. The second-order valence-corrected chi connectivity index (χ2v) is 7.03. The second-order valence-electron chi connectivity index (χ2n) is 7.03. The van der Waals surface area contributed by atoms with Crippen LogP contribution in [0.2, 0.25) is 0 Å². The highest BCUT2D eigenvalue weighted by molar-refractivity contribution is 5.95. The molecule has 1 aliphatic rings. The third-order valence-corrected chi connectivity index (χ3v) is 4.95. The van der Waals surface area contributed by atoms with Gasteiger partial charge in [-0.15, -0.1) is 0 Å². The third kappa shape index (κ3) is 5.01. The zero-order valence-electron chi connectivity index (χ0n) is 15.9. The number of aliphatic hydroxyl groups is 1. The largest absolute Gasteiger partial charge is 0.493 e. The predicted octanol–water partition coefficient (Wildman–Crippen LogP) is 3.27. The van der Waals surface area contributed by atoms with E-state index >= 15 is 0 Å². The summed E-state index contributed by atoms with van der Waals surface area (Å²) in [5.41, 5.74) is 2.93. The Hall–Kier alpha value is -2.53. The highest BCUT2D eigenvalue weighted by atomic mass is 16.5. The molecular weight excluding hydrogens is 342 g/mol. The molecule has 5 heteroatoms. The number of carbonyl (C=O) groups is 1. The van der Waals surface area contributed by atoms with Crippen molar-refractivity contribution in [1.29, 1.82) is 0 Å². The summed E-state index contributed by atoms with van der Waals surface area (Å²) in [5, 5.41) is 12.8. The van der Waals surface area contributed by atoms with E-state index in [0.717, 1.165) is 25.7 Å². The van der Waals surface area contributed by atoms with Crippen LogP contribution in [0.3, 0.4) is 0 Å². The van der Waals surface area contributed by atoms with Crippen molar-refractivity contribution in [3.8, 4) is 11.5 Å². The molecule has 144 valence electrons. The number of carbonyl (C=O) groups excluding carboxylic acids is 1. The fraction of sp³-hybridized carbons (Fsp3) is 0.409. The summed E-state index contributed by atoms with van der Waals surface area (Å²) in [6, 6.07) is 13.3. The Morgan fingerprint density at radius 2 is 2.04 bits per heavy atom. The number of ether oxygens (including phenoxy) is 2. The van der Waals surface area contributed by atoms with Gasteiger partial charge in [-0.1, -0.05) is 29.8 Å². The summed E-state index contributed by atoms with van der Waals surface area (Å²) in [6.07, 6.45) is 2.79. The number of aryl methyl sites for hydroxylation is 1. The van der Waals surface area contributed by atoms with Crippen LogP contribution >= 0.6 is 0 Å². The predicted molar refractivity (Wildman–Crippen MR) is 104 cm³/mol. The van der Waals surface area contributed by atoms with E-state index in [4.69, 9.17) is 9.47 Å². The standard InChI is InChI=1S/C22H27NO4/c1-15-5-3-6-16(13-15)11-12-27-21-14-17(9-10-20(21)26-2)22(25)23-18-7-4-8-19(18)24/h3,5-6,9-10,13-14,18-19,24H,4,7-8,11-12H2,1-2H3,(H,23,25). The number of benzene rings is 2. The molecule has 27 heavy (non-hydrogen) atoms. The summed E-state index contributed by atoms with van der Waals surface area (Å²) in [4.78, 5) is 12.5. The van der Waals surface area contributed by atoms with Gasteiger partial charge < -0.3 is 19.9 Å². The smallest absolute Gasteiger partial charge is 0.251 e. The summed E-state index contributed by atoms with van der Waals surface area (Å²) < 4.78 is 11.3. The van der Waals surface area contributed by atoms with Gasteiger partial charge in [-0.2, -0.15) is 0 Å². The molecule has 1 amide bonds. The maximum atomic E-state index is 12.5. The van der Waals surface area contributed by atoms with Gasteiger partial charge in [0.25, 0.3) is 5.91 Å². The van der Waals surface area contributed by atoms with E-state index in [1.807, 2.05) is 6.07 Å². The number of hydrogen-bond donors (Lipinski definition) is 2. The van der Waals surface area contributed by atoms with Crippen LogP contribution in [0.5, 0.6) is 11.5 Å². The lowest BCUT2D eigenvalue weighted by Crippen LogP contribution is -2.39. The lowest BCUT2D eigenvalue weighted by molar-refractivity contribution is 0.0872. The Bertz CT molecular complexity index is 790. The van der Waals surface area contributed by atoms with Gasteiger partial charge in [0.15, 0.2) is 11.5 Å². The van der Waals surface area contributed by atoms with Crippen molar-refractivity contribution in [3.63, 3.8) is 0 Å². The Kier molecular flexibility index (Phi) is 6.35. The molecule has 0 aromatic heterocycles. The molecule has 3 rings (SSSR count). The molecule has 1 saturated carbocycles. The molecule has 0 aliphatic heterocycles. The molecule has 2 unspecified atom stereocenters. The molecule has 0 radical (unpaired) electrons. The average molecular weight is 369 g/mol. The average Bonchev–Trinajstić information content (AvgIpc) is 3.06. The number of nitrogens with one attached hydrogen (secondary N) is 1. The summed E-state index contributed by atoms with van der Waals surface area (Å²) in [7, 11) is 1.58. The Morgan fingerprint density at radius 1 is 1.19 bits per heavy atom. The molecule has 1 aliphatic carbocycles. The minimum atomic E-state index is -0.461. The van der Waals surface area contributed by atoms with Crippen molar-refractivity contribution in [2.75, 3.05) is 13.7 Å². The SMILES string of the molecule is COc1ccc(C(=O)NC2CCCC2O)cc1OCCc1cccc(C)c1. The van der Waals surface area contributed by atoms with E-state index in [9.17, 15) is 9.90 Å². The quantitative estimate of drug-likeness (QED) is 0.786. The Labute approximate surface area is 160 Å². The van der Waals surface area contributed by atoms with E-state index in [2.05, 4.69) is 30.4 Å². The highest BCUT2D eigenvalue weighted by Gasteiger charge is 2.27. The van der Waals surface area contributed by atoms with Crippen LogP contribution in [0.25, 0.3) is 0 Å². The minimum Gasteiger partial charge on any atom is -0.493 e. The van der Waals surface area contributed by atoms with Gasteiger partial charge in [0, 0.05) is 12.0 Å². The summed E-state index contributed by atoms with van der Waals surface area (Å²) >= 11 is 0. The molecule has 0 heterocycles. The maximum Gasteiger partial charge on any atom is 0.251 e. The topological polar surface area (TPSA) is 67.8 Å². The van der Waals surface area contributed by atoms with Crippen LogP contribution in [0.15, 0.2) is 42.5 Å². The number of amides is 1. The first kappa shape index (κ1) is 19.2. The van der Waals surface area contributed by atoms with Gasteiger partial charge >= 0.3 is 0 Å². The van der Waals surface area contributed by atoms with Crippen LogP contribution in [0.1, 0.15) is 40.7 Å². The van der Waals surface area contributed by atoms with Crippen LogP contribution in [-0.4, -0.2) is 36.9 Å². The van der Waals surface area contributed by atoms with E-state index < -0.39 is 6.10 Å². The molecule has 0 bridgehead atoms. The number of methoxy groups -OCH3 is 1. The van der Waals surface area contributed by atoms with E-state index in [-0.39, 0.29) is 11.9 Å². The second kappa shape index (κ2) is 8.91. The van der Waals surface area contributed by atoms with Crippen molar-refractivity contribution in [3.05, 3.63) is 59.2 Å². The van der Waals surface area contributed by atoms with Crippen LogP contribution in [0, 0.1) is 6.92 Å². The van der Waals surface area contributed by atoms with E-state index in [1.54, 1.807) is 25.3 Å². The van der Waals surface area contributed by atoms with Gasteiger partial charge in [0.2, 0.25) is 0 Å². The van der Waals surface area contributed by atoms with Crippen molar-refractivity contribution in [2.24, 2.45) is 0 Å². The molecule has 2 N–H and O–H groups in total. The van der Waals surface area contributed by atoms with Gasteiger partial charge in [-0.25, -0.2) is 0 Å². The number of rotatable bonds is 7. The highest BCUT2D eigenvalue weighted by Crippen LogP contribution is 2.28. The van der Waals surface area contributed by atoms with Crippen LogP contribution in [-0.2, 0) is 6.42 Å². The lowest BCUT2D eigenvalue weighted by atomic mass is 10.1. The van der Waals surface area contributed by atoms with E-state index in [1.165, 1.54) is 11.1 Å². The van der Waals surface area contributed by atoms with Gasteiger partial charge in [-0.05, 0) is 49.9 Å². The zero-order chi connectivity index (χ0) is 19.2. The van der Waals surface area contributed by atoms with Gasteiger partial charge in [0.1, 0.15) is 0 Å². The molecule has 0 spiro atoms. The fourth-order valence-corrected chi connectivity index (χ4v) is 3.44. The molecular formula is C22H27NO4. The van der Waals surface area contributed by atoms with E-state index in [0.29, 0.717) is 23.7 Å². The van der Waals surface area contributed by atoms with Crippen molar-refractivity contribution in [1.82, 2.24) is 5.32 Å². The third-order valence-electron chi connectivity index (χ3n) is 4.95. The van der Waals surface area contributed by atoms with Crippen molar-refractivity contribution in [2.45, 2.75) is 44.8 Å². The number of hydrogen-bond acceptors (Lipinski definition) is 4. The first-order valence-corrected chi connectivity index (χ1v) is 9.42. The molecule has 1 fully saturated rings. The summed E-state index contributed by atoms with van der Waals surface area (Å²) in [6.45, 7) is 2.56. The fourth-order valence-electron chi connectivity index (χ4n) is 3.44. The van der Waals surface area contributed by atoms with Gasteiger partial charge in [-0.3, -0.25) is 4.79 Å². The molecule has 2 aromatic rings. The monoisotopic (exact) mass is 369 g/mol. The van der Waals surface area contributed by atoms with Crippen molar-refractivity contribution >= 4 is 5.91 Å². The zero-order valence-corrected chi connectivity index (χ0v) is 15.9.